The molecule has 1 amide bonds. The number of carbonyl (C=O) groups excluding carboxylic acids is 1. The van der Waals surface area contributed by atoms with Crippen LogP contribution >= 0.6 is 0 Å². The monoisotopic (exact) mass is 374 g/mol. The van der Waals surface area contributed by atoms with E-state index in [-0.39, 0.29) is 12.3 Å². The highest BCUT2D eigenvalue weighted by molar-refractivity contribution is 6.08. The highest BCUT2D eigenvalue weighted by Crippen LogP contribution is 2.30. The number of nitrogens with one attached hydrogen (secondary N) is 1. The first-order valence-corrected chi connectivity index (χ1v) is 9.22. The molecule has 0 atom stereocenters. The molecule has 2 heterocycles. The highest BCUT2D eigenvalue weighted by atomic mass is 16.5. The van der Waals surface area contributed by atoms with Crippen LogP contribution in [0.3, 0.4) is 0 Å². The molecule has 0 fully saturated rings. The van der Waals surface area contributed by atoms with E-state index in [0.717, 1.165) is 49.9 Å². The molecule has 4 rings (SSSR count). The molecule has 0 aliphatic rings. The van der Waals surface area contributed by atoms with Gasteiger partial charge in [0, 0.05) is 28.3 Å². The predicted octanol–water partition coefficient (Wildman–Crippen LogP) is 4.47. The number of nitrogens with zero attached hydrogens (tertiary/aromatic N) is 1. The Bertz CT molecular complexity index is 1180. The Morgan fingerprint density at radius 3 is 2.82 bits per heavy atom. The molecule has 0 aliphatic heterocycles. The average molecular weight is 374 g/mol. The summed E-state index contributed by atoms with van der Waals surface area (Å²) in [5.74, 6) is 0.739. The second kappa shape index (κ2) is 7.35. The largest absolute Gasteiger partial charge is 0.496 e. The number of furan rings is 1. The molecule has 2 aromatic heterocycles. The summed E-state index contributed by atoms with van der Waals surface area (Å²) >= 11 is 0. The molecule has 0 bridgehead atoms. The van der Waals surface area contributed by atoms with Gasteiger partial charge in [0.2, 0.25) is 5.91 Å². The molecule has 0 saturated heterocycles. The quantitative estimate of drug-likeness (QED) is 0.560. The minimum atomic E-state index is -0.0728. The summed E-state index contributed by atoms with van der Waals surface area (Å²) in [4.78, 5) is 17.0. The number of amides is 1. The van der Waals surface area contributed by atoms with Crippen molar-refractivity contribution in [2.45, 2.75) is 26.8 Å². The topological polar surface area (TPSA) is 64.4 Å². The Labute approximate surface area is 163 Å². The first kappa shape index (κ1) is 18.0. The maximum absolute atomic E-state index is 12.6. The van der Waals surface area contributed by atoms with Crippen molar-refractivity contribution in [3.05, 3.63) is 71.2 Å². The molecule has 0 unspecified atom stereocenters. The van der Waals surface area contributed by atoms with Gasteiger partial charge in [0.15, 0.2) is 0 Å². The van der Waals surface area contributed by atoms with Crippen molar-refractivity contribution in [1.29, 1.82) is 0 Å². The zero-order valence-electron chi connectivity index (χ0n) is 16.2. The molecule has 4 aromatic rings. The zero-order valence-corrected chi connectivity index (χ0v) is 16.2. The van der Waals surface area contributed by atoms with Gasteiger partial charge in [0.05, 0.1) is 32.0 Å². The lowest BCUT2D eigenvalue weighted by atomic mass is 10.0. The molecule has 0 spiro atoms. The molecule has 28 heavy (non-hydrogen) atoms. The summed E-state index contributed by atoms with van der Waals surface area (Å²) in [5, 5.41) is 6.19. The number of ether oxygens (including phenoxy) is 1. The van der Waals surface area contributed by atoms with Crippen LogP contribution in [-0.4, -0.2) is 18.0 Å². The third kappa shape index (κ3) is 3.20. The molecule has 5 nitrogen and oxygen atoms in total. The van der Waals surface area contributed by atoms with Crippen LogP contribution in [0, 0.1) is 13.8 Å². The van der Waals surface area contributed by atoms with Gasteiger partial charge in [-0.15, -0.1) is 0 Å². The van der Waals surface area contributed by atoms with Crippen molar-refractivity contribution in [2.24, 2.45) is 0 Å². The number of rotatable bonds is 5. The average Bonchev–Trinajstić information content (AvgIpc) is 3.11. The van der Waals surface area contributed by atoms with Crippen molar-refractivity contribution in [2.75, 3.05) is 7.11 Å². The molecule has 1 N–H and O–H groups in total. The number of hydrogen-bond donors (Lipinski definition) is 1. The lowest BCUT2D eigenvalue weighted by Gasteiger charge is -2.12. The van der Waals surface area contributed by atoms with Crippen LogP contribution in [0.15, 0.2) is 53.3 Å². The van der Waals surface area contributed by atoms with Gasteiger partial charge in [-0.2, -0.15) is 0 Å². The van der Waals surface area contributed by atoms with Crippen LogP contribution in [0.25, 0.3) is 21.7 Å². The van der Waals surface area contributed by atoms with Gasteiger partial charge in [-0.1, -0.05) is 30.3 Å². The lowest BCUT2D eigenvalue weighted by molar-refractivity contribution is -0.120. The van der Waals surface area contributed by atoms with Gasteiger partial charge in [0.1, 0.15) is 11.3 Å². The fourth-order valence-electron chi connectivity index (χ4n) is 3.67. The van der Waals surface area contributed by atoms with E-state index >= 15 is 0 Å². The lowest BCUT2D eigenvalue weighted by Crippen LogP contribution is -2.25. The number of aryl methyl sites for hydroxylation is 1. The fourth-order valence-corrected chi connectivity index (χ4v) is 3.67. The Morgan fingerprint density at radius 1 is 1.18 bits per heavy atom. The smallest absolute Gasteiger partial charge is 0.224 e. The first-order chi connectivity index (χ1) is 13.6. The SMILES string of the molecule is COc1c(C)cnc(CNC(=O)Cc2coc3ccc4ccccc4c23)c1C. The van der Waals surface area contributed by atoms with Gasteiger partial charge in [-0.3, -0.25) is 9.78 Å². The van der Waals surface area contributed by atoms with Gasteiger partial charge in [-0.05, 0) is 30.7 Å². The molecule has 0 aliphatic carbocycles. The van der Waals surface area contributed by atoms with Crippen molar-refractivity contribution in [3.8, 4) is 5.75 Å². The predicted molar refractivity (Wildman–Crippen MR) is 110 cm³/mol. The molecule has 5 heteroatoms. The van der Waals surface area contributed by atoms with E-state index in [4.69, 9.17) is 9.15 Å². The van der Waals surface area contributed by atoms with Crippen LogP contribution in [0.5, 0.6) is 5.75 Å². The van der Waals surface area contributed by atoms with Crippen LogP contribution < -0.4 is 10.1 Å². The summed E-state index contributed by atoms with van der Waals surface area (Å²) in [6.07, 6.45) is 3.70. The summed E-state index contributed by atoms with van der Waals surface area (Å²) in [7, 11) is 1.64. The Kier molecular flexibility index (Phi) is 4.74. The summed E-state index contributed by atoms with van der Waals surface area (Å²) < 4.78 is 11.1. The molecular weight excluding hydrogens is 352 g/mol. The maximum Gasteiger partial charge on any atom is 0.224 e. The maximum atomic E-state index is 12.6. The minimum absolute atomic E-state index is 0.0728. The van der Waals surface area contributed by atoms with Crippen LogP contribution in [0.2, 0.25) is 0 Å². The Hall–Kier alpha value is -3.34. The summed E-state index contributed by atoms with van der Waals surface area (Å²) in [6.45, 7) is 4.27. The number of carbonyl (C=O) groups is 1. The van der Waals surface area contributed by atoms with Crippen molar-refractivity contribution in [3.63, 3.8) is 0 Å². The second-order valence-electron chi connectivity index (χ2n) is 6.92. The first-order valence-electron chi connectivity index (χ1n) is 9.22. The normalized spacial score (nSPS) is 11.1. The van der Waals surface area contributed by atoms with Gasteiger partial charge in [0.25, 0.3) is 0 Å². The summed E-state index contributed by atoms with van der Waals surface area (Å²) in [5.41, 5.74) is 4.41. The van der Waals surface area contributed by atoms with Gasteiger partial charge < -0.3 is 14.5 Å². The number of hydrogen-bond acceptors (Lipinski definition) is 4. The standard InChI is InChI=1S/C23H22N2O3/c1-14-11-24-19(15(2)23(14)27-3)12-25-21(26)10-17-13-28-20-9-8-16-6-4-5-7-18(16)22(17)20/h4-9,11,13H,10,12H2,1-3H3,(H,25,26). The van der Waals surface area contributed by atoms with Crippen LogP contribution in [0.4, 0.5) is 0 Å². The third-order valence-electron chi connectivity index (χ3n) is 5.09. The van der Waals surface area contributed by atoms with Crippen molar-refractivity contribution >= 4 is 27.6 Å². The van der Waals surface area contributed by atoms with E-state index in [9.17, 15) is 4.79 Å². The Balaban J connectivity index is 1.54. The van der Waals surface area contributed by atoms with E-state index < -0.39 is 0 Å². The molecular formula is C23H22N2O3. The third-order valence-corrected chi connectivity index (χ3v) is 5.09. The molecule has 142 valence electrons. The highest BCUT2D eigenvalue weighted by Gasteiger charge is 2.14. The zero-order chi connectivity index (χ0) is 19.7. The molecule has 2 aromatic carbocycles. The van der Waals surface area contributed by atoms with Gasteiger partial charge in [-0.25, -0.2) is 0 Å². The summed E-state index contributed by atoms with van der Waals surface area (Å²) in [6, 6.07) is 12.1. The van der Waals surface area contributed by atoms with E-state index in [1.807, 2.05) is 38.1 Å². The minimum Gasteiger partial charge on any atom is -0.496 e. The molecule has 0 saturated carbocycles. The number of fused-ring (bicyclic) bond motifs is 3. The van der Waals surface area contributed by atoms with E-state index in [0.29, 0.717) is 6.54 Å². The molecule has 0 radical (unpaired) electrons. The van der Waals surface area contributed by atoms with E-state index in [2.05, 4.69) is 22.4 Å². The second-order valence-corrected chi connectivity index (χ2v) is 6.92. The number of methoxy groups -OCH3 is 1. The van der Waals surface area contributed by atoms with Crippen LogP contribution in [0.1, 0.15) is 22.4 Å². The Morgan fingerprint density at radius 2 is 2.00 bits per heavy atom. The number of benzene rings is 2. The van der Waals surface area contributed by atoms with E-state index in [1.54, 1.807) is 19.6 Å². The van der Waals surface area contributed by atoms with E-state index in [1.165, 1.54) is 0 Å². The van der Waals surface area contributed by atoms with Crippen molar-refractivity contribution in [1.82, 2.24) is 10.3 Å². The van der Waals surface area contributed by atoms with Gasteiger partial charge >= 0.3 is 0 Å². The number of aromatic nitrogens is 1. The van der Waals surface area contributed by atoms with Crippen LogP contribution in [-0.2, 0) is 17.8 Å². The fraction of sp³-hybridized carbons (Fsp3) is 0.217. The number of pyridine rings is 1. The van der Waals surface area contributed by atoms with Crippen molar-refractivity contribution < 1.29 is 13.9 Å².